The molecule has 2 fully saturated rings. The van der Waals surface area contributed by atoms with Gasteiger partial charge in [-0.25, -0.2) is 4.79 Å². The second-order valence-corrected chi connectivity index (χ2v) is 9.07. The summed E-state index contributed by atoms with van der Waals surface area (Å²) in [5.74, 6) is 0.314. The van der Waals surface area contributed by atoms with Crippen LogP contribution in [0.15, 0.2) is 30.3 Å². The number of ether oxygens (including phenoxy) is 2. The first-order valence-electron chi connectivity index (χ1n) is 10.8. The molecule has 6 nitrogen and oxygen atoms in total. The van der Waals surface area contributed by atoms with E-state index in [1.165, 1.54) is 5.56 Å². The maximum absolute atomic E-state index is 12.7. The molecule has 0 aromatic heterocycles. The summed E-state index contributed by atoms with van der Waals surface area (Å²) in [6.07, 6.45) is 0. The SMILES string of the molecule is CC(C)C(=O)N1C[C@@H]2COC[C@H](C1)N(Cc1ccc3c4c(cccc14)C(=O)OC3)C2. The lowest BCUT2D eigenvalue weighted by Gasteiger charge is -2.32. The molecule has 0 saturated carbocycles. The predicted octanol–water partition coefficient (Wildman–Crippen LogP) is 2.83. The van der Waals surface area contributed by atoms with Crippen molar-refractivity contribution in [1.29, 1.82) is 0 Å². The van der Waals surface area contributed by atoms with E-state index in [1.54, 1.807) is 0 Å². The van der Waals surface area contributed by atoms with E-state index < -0.39 is 0 Å². The molecule has 1 amide bonds. The van der Waals surface area contributed by atoms with Gasteiger partial charge >= 0.3 is 5.97 Å². The highest BCUT2D eigenvalue weighted by molar-refractivity contribution is 6.08. The van der Waals surface area contributed by atoms with Crippen molar-refractivity contribution in [3.8, 4) is 0 Å². The summed E-state index contributed by atoms with van der Waals surface area (Å²) in [5, 5.41) is 2.15. The van der Waals surface area contributed by atoms with Crippen molar-refractivity contribution in [1.82, 2.24) is 9.80 Å². The Hall–Kier alpha value is -2.44. The second kappa shape index (κ2) is 7.67. The van der Waals surface area contributed by atoms with Gasteiger partial charge in [-0.05, 0) is 22.6 Å². The van der Waals surface area contributed by atoms with Gasteiger partial charge in [-0.3, -0.25) is 9.69 Å². The van der Waals surface area contributed by atoms with Crippen LogP contribution in [0, 0.1) is 11.8 Å². The minimum absolute atomic E-state index is 0.0124. The molecule has 30 heavy (non-hydrogen) atoms. The Kier molecular flexibility index (Phi) is 4.99. The minimum Gasteiger partial charge on any atom is -0.457 e. The molecule has 3 heterocycles. The van der Waals surface area contributed by atoms with Crippen LogP contribution >= 0.6 is 0 Å². The molecule has 2 bridgehead atoms. The molecule has 0 spiro atoms. The molecule has 3 aliphatic heterocycles. The molecule has 2 aromatic rings. The number of fused-ring (bicyclic) bond motifs is 3. The molecule has 0 N–H and O–H groups in total. The molecule has 2 saturated heterocycles. The largest absolute Gasteiger partial charge is 0.457 e. The molecule has 158 valence electrons. The molecule has 0 radical (unpaired) electrons. The van der Waals surface area contributed by atoms with Gasteiger partial charge in [0.05, 0.1) is 24.8 Å². The van der Waals surface area contributed by atoms with Crippen LogP contribution in [0.2, 0.25) is 0 Å². The van der Waals surface area contributed by atoms with Gasteiger partial charge in [0, 0.05) is 43.4 Å². The van der Waals surface area contributed by atoms with Gasteiger partial charge in [-0.15, -0.1) is 0 Å². The number of carbonyl (C=O) groups excluding carboxylic acids is 2. The van der Waals surface area contributed by atoms with Crippen molar-refractivity contribution in [3.63, 3.8) is 0 Å². The lowest BCUT2D eigenvalue weighted by molar-refractivity contribution is -0.136. The number of nitrogens with zero attached hydrogens (tertiary/aromatic N) is 2. The Morgan fingerprint density at radius 1 is 1.13 bits per heavy atom. The molecule has 0 aliphatic carbocycles. The quantitative estimate of drug-likeness (QED) is 0.731. The summed E-state index contributed by atoms with van der Waals surface area (Å²) in [6, 6.07) is 10.3. The van der Waals surface area contributed by atoms with Crippen LogP contribution in [0.25, 0.3) is 10.8 Å². The fraction of sp³-hybridized carbons (Fsp3) is 0.500. The highest BCUT2D eigenvalue weighted by Gasteiger charge is 2.36. The number of amides is 1. The van der Waals surface area contributed by atoms with E-state index in [1.807, 2.05) is 30.9 Å². The fourth-order valence-corrected chi connectivity index (χ4v) is 5.08. The summed E-state index contributed by atoms with van der Waals surface area (Å²) < 4.78 is 11.3. The van der Waals surface area contributed by atoms with E-state index in [4.69, 9.17) is 9.47 Å². The van der Waals surface area contributed by atoms with Crippen LogP contribution in [-0.2, 0) is 27.4 Å². The molecule has 5 rings (SSSR count). The summed E-state index contributed by atoms with van der Waals surface area (Å²) in [4.78, 5) is 29.4. The number of carbonyl (C=O) groups is 2. The molecule has 2 atom stereocenters. The lowest BCUT2D eigenvalue weighted by Crippen LogP contribution is -2.46. The molecular weight excluding hydrogens is 380 g/mol. The summed E-state index contributed by atoms with van der Waals surface area (Å²) in [5.41, 5.74) is 2.93. The third kappa shape index (κ3) is 3.38. The average Bonchev–Trinajstić information content (AvgIpc) is 3.01. The number of esters is 1. The zero-order chi connectivity index (χ0) is 20.8. The van der Waals surface area contributed by atoms with Crippen molar-refractivity contribution in [2.45, 2.75) is 33.0 Å². The van der Waals surface area contributed by atoms with Crippen molar-refractivity contribution >= 4 is 22.6 Å². The van der Waals surface area contributed by atoms with Crippen molar-refractivity contribution in [2.75, 3.05) is 32.8 Å². The highest BCUT2D eigenvalue weighted by atomic mass is 16.5. The normalized spacial score (nSPS) is 24.1. The summed E-state index contributed by atoms with van der Waals surface area (Å²) in [7, 11) is 0. The van der Waals surface area contributed by atoms with Crippen LogP contribution in [0.1, 0.15) is 35.3 Å². The van der Waals surface area contributed by atoms with Gasteiger partial charge in [0.25, 0.3) is 0 Å². The van der Waals surface area contributed by atoms with E-state index in [2.05, 4.69) is 23.1 Å². The van der Waals surface area contributed by atoms with Crippen LogP contribution in [0.4, 0.5) is 0 Å². The summed E-state index contributed by atoms with van der Waals surface area (Å²) >= 11 is 0. The van der Waals surface area contributed by atoms with Gasteiger partial charge in [-0.2, -0.15) is 0 Å². The highest BCUT2D eigenvalue weighted by Crippen LogP contribution is 2.32. The Bertz CT molecular complexity index is 1000. The van der Waals surface area contributed by atoms with Crippen LogP contribution in [0.3, 0.4) is 0 Å². The Morgan fingerprint density at radius 2 is 2.00 bits per heavy atom. The summed E-state index contributed by atoms with van der Waals surface area (Å²) in [6.45, 7) is 8.79. The Labute approximate surface area is 176 Å². The first kappa shape index (κ1) is 19.5. The lowest BCUT2D eigenvalue weighted by atomic mass is 9.94. The van der Waals surface area contributed by atoms with Crippen molar-refractivity contribution in [2.24, 2.45) is 11.8 Å². The first-order chi connectivity index (χ1) is 14.5. The maximum atomic E-state index is 12.7. The molecule has 0 unspecified atom stereocenters. The molecule has 6 heteroatoms. The van der Waals surface area contributed by atoms with Gasteiger partial charge in [0.2, 0.25) is 5.91 Å². The van der Waals surface area contributed by atoms with E-state index in [0.717, 1.165) is 36.0 Å². The monoisotopic (exact) mass is 408 g/mol. The fourth-order valence-electron chi connectivity index (χ4n) is 5.08. The van der Waals surface area contributed by atoms with Crippen LogP contribution < -0.4 is 0 Å². The molecule has 2 aromatic carbocycles. The number of hydrogen-bond acceptors (Lipinski definition) is 5. The van der Waals surface area contributed by atoms with E-state index in [9.17, 15) is 9.59 Å². The smallest absolute Gasteiger partial charge is 0.339 e. The van der Waals surface area contributed by atoms with Crippen molar-refractivity contribution in [3.05, 3.63) is 47.0 Å². The van der Waals surface area contributed by atoms with E-state index in [-0.39, 0.29) is 23.8 Å². The van der Waals surface area contributed by atoms with Gasteiger partial charge in [0.15, 0.2) is 0 Å². The standard InChI is InChI=1S/C24H28N2O4/c1-15(2)23(27)26-9-16-8-25(19(11-26)14-29-12-16)10-17-6-7-18-13-30-24(28)21-5-3-4-20(17)22(18)21/h3-7,15-16,19H,8-14H2,1-2H3/t16-,19+/m1/s1. The van der Waals surface area contributed by atoms with Crippen molar-refractivity contribution < 1.29 is 19.1 Å². The minimum atomic E-state index is -0.243. The second-order valence-electron chi connectivity index (χ2n) is 9.07. The van der Waals surface area contributed by atoms with E-state index >= 15 is 0 Å². The van der Waals surface area contributed by atoms with Gasteiger partial charge in [0.1, 0.15) is 6.61 Å². The van der Waals surface area contributed by atoms with E-state index in [0.29, 0.717) is 37.8 Å². The average molecular weight is 408 g/mol. The Balaban J connectivity index is 1.47. The maximum Gasteiger partial charge on any atom is 0.339 e. The third-order valence-corrected chi connectivity index (χ3v) is 6.56. The zero-order valence-electron chi connectivity index (χ0n) is 17.6. The number of cyclic esters (lactones) is 1. The predicted molar refractivity (Wildman–Crippen MR) is 113 cm³/mol. The zero-order valence-corrected chi connectivity index (χ0v) is 17.6. The van der Waals surface area contributed by atoms with Gasteiger partial charge < -0.3 is 14.4 Å². The number of hydrogen-bond donors (Lipinski definition) is 0. The Morgan fingerprint density at radius 3 is 2.83 bits per heavy atom. The number of benzene rings is 2. The van der Waals surface area contributed by atoms with Crippen LogP contribution in [0.5, 0.6) is 0 Å². The molecular formula is C24H28N2O4. The third-order valence-electron chi connectivity index (χ3n) is 6.56. The topological polar surface area (TPSA) is 59.1 Å². The molecule has 3 aliphatic rings. The van der Waals surface area contributed by atoms with Gasteiger partial charge in [-0.1, -0.05) is 38.1 Å². The van der Waals surface area contributed by atoms with Crippen LogP contribution in [-0.4, -0.2) is 60.6 Å². The number of rotatable bonds is 3. The first-order valence-corrected chi connectivity index (χ1v) is 10.8.